The lowest BCUT2D eigenvalue weighted by Gasteiger charge is -2.09. The standard InChI is InChI=1S/C15H22BrNO2S2/c1-11-9-14(12(2)8-13(11)16)21-10-15(19)17-4-7-20-6-3-5-18/h8-9,18H,3-7,10H2,1-2H3,(H,17,19). The number of benzene rings is 1. The van der Waals surface area contributed by atoms with Crippen LogP contribution in [0.5, 0.6) is 0 Å². The van der Waals surface area contributed by atoms with Crippen LogP contribution in [-0.4, -0.2) is 41.4 Å². The minimum absolute atomic E-state index is 0.0720. The first-order chi connectivity index (χ1) is 10.0. The molecule has 118 valence electrons. The van der Waals surface area contributed by atoms with Crippen LogP contribution in [0, 0.1) is 13.8 Å². The Morgan fingerprint density at radius 3 is 2.76 bits per heavy atom. The van der Waals surface area contributed by atoms with E-state index in [0.29, 0.717) is 12.3 Å². The number of thioether (sulfide) groups is 2. The lowest BCUT2D eigenvalue weighted by Crippen LogP contribution is -2.27. The summed E-state index contributed by atoms with van der Waals surface area (Å²) in [6, 6.07) is 4.20. The number of halogens is 1. The molecule has 6 heteroatoms. The number of amides is 1. The molecule has 0 saturated carbocycles. The van der Waals surface area contributed by atoms with Crippen LogP contribution in [0.25, 0.3) is 0 Å². The van der Waals surface area contributed by atoms with Crippen molar-refractivity contribution < 1.29 is 9.90 Å². The van der Waals surface area contributed by atoms with Crippen LogP contribution in [0.2, 0.25) is 0 Å². The van der Waals surface area contributed by atoms with Gasteiger partial charge in [-0.2, -0.15) is 11.8 Å². The summed E-state index contributed by atoms with van der Waals surface area (Å²) < 4.78 is 1.11. The van der Waals surface area contributed by atoms with Crippen LogP contribution in [0.1, 0.15) is 17.5 Å². The highest BCUT2D eigenvalue weighted by molar-refractivity contribution is 9.10. The molecule has 0 aliphatic carbocycles. The molecule has 0 aromatic heterocycles. The van der Waals surface area contributed by atoms with Crippen molar-refractivity contribution in [2.24, 2.45) is 0 Å². The second-order valence-electron chi connectivity index (χ2n) is 4.70. The molecule has 21 heavy (non-hydrogen) atoms. The smallest absolute Gasteiger partial charge is 0.230 e. The third-order valence-electron chi connectivity index (χ3n) is 2.83. The highest BCUT2D eigenvalue weighted by Crippen LogP contribution is 2.28. The minimum Gasteiger partial charge on any atom is -0.396 e. The second kappa shape index (κ2) is 10.5. The summed E-state index contributed by atoms with van der Waals surface area (Å²) in [6.07, 6.45) is 0.816. The van der Waals surface area contributed by atoms with E-state index < -0.39 is 0 Å². The molecule has 0 spiro atoms. The Balaban J connectivity index is 2.25. The Kier molecular flexibility index (Phi) is 9.47. The average molecular weight is 392 g/mol. The molecular weight excluding hydrogens is 370 g/mol. The summed E-state index contributed by atoms with van der Waals surface area (Å²) in [6.45, 7) is 5.04. The van der Waals surface area contributed by atoms with Crippen molar-refractivity contribution in [3.05, 3.63) is 27.7 Å². The molecule has 0 aliphatic rings. The molecule has 1 amide bonds. The molecule has 0 unspecified atom stereocenters. The summed E-state index contributed by atoms with van der Waals surface area (Å²) in [4.78, 5) is 12.9. The van der Waals surface area contributed by atoms with E-state index in [1.54, 1.807) is 23.5 Å². The van der Waals surface area contributed by atoms with E-state index in [2.05, 4.69) is 47.2 Å². The summed E-state index contributed by atoms with van der Waals surface area (Å²) >= 11 is 6.84. The summed E-state index contributed by atoms with van der Waals surface area (Å²) in [5.74, 6) is 2.36. The lowest BCUT2D eigenvalue weighted by atomic mass is 10.2. The first-order valence-corrected chi connectivity index (χ1v) is 9.82. The molecule has 0 radical (unpaired) electrons. The lowest BCUT2D eigenvalue weighted by molar-refractivity contribution is -0.118. The SMILES string of the molecule is Cc1cc(SCC(=O)NCCSCCCO)c(C)cc1Br. The van der Waals surface area contributed by atoms with Crippen LogP contribution in [0.3, 0.4) is 0 Å². The van der Waals surface area contributed by atoms with Crippen LogP contribution in [0.4, 0.5) is 0 Å². The van der Waals surface area contributed by atoms with E-state index in [4.69, 9.17) is 5.11 Å². The zero-order valence-corrected chi connectivity index (χ0v) is 15.7. The number of hydrogen-bond donors (Lipinski definition) is 2. The van der Waals surface area contributed by atoms with E-state index in [1.165, 1.54) is 11.1 Å². The molecule has 3 nitrogen and oxygen atoms in total. The Hall–Kier alpha value is -0.170. The molecule has 0 aliphatic heterocycles. The second-order valence-corrected chi connectivity index (χ2v) is 7.79. The van der Waals surface area contributed by atoms with Crippen molar-refractivity contribution in [1.29, 1.82) is 0 Å². The van der Waals surface area contributed by atoms with Gasteiger partial charge in [0.1, 0.15) is 0 Å². The molecule has 0 atom stereocenters. The molecule has 1 rings (SSSR count). The molecular formula is C15H22BrNO2S2. The van der Waals surface area contributed by atoms with Crippen LogP contribution in [-0.2, 0) is 4.79 Å². The predicted molar refractivity (Wildman–Crippen MR) is 96.4 cm³/mol. The minimum atomic E-state index is 0.0720. The fraction of sp³-hybridized carbons (Fsp3) is 0.533. The van der Waals surface area contributed by atoms with E-state index in [9.17, 15) is 4.79 Å². The van der Waals surface area contributed by atoms with Crippen LogP contribution < -0.4 is 5.32 Å². The summed E-state index contributed by atoms with van der Waals surface area (Å²) in [5, 5.41) is 11.6. The zero-order chi connectivity index (χ0) is 15.7. The van der Waals surface area contributed by atoms with Gasteiger partial charge in [-0.3, -0.25) is 4.79 Å². The number of aliphatic hydroxyl groups is 1. The Labute approximate surface area is 143 Å². The maximum atomic E-state index is 11.8. The largest absolute Gasteiger partial charge is 0.396 e. The van der Waals surface area contributed by atoms with Gasteiger partial charge in [-0.25, -0.2) is 0 Å². The number of nitrogens with one attached hydrogen (secondary N) is 1. The van der Waals surface area contributed by atoms with Gasteiger partial charge in [0.2, 0.25) is 5.91 Å². The average Bonchev–Trinajstić information content (AvgIpc) is 2.45. The molecule has 2 N–H and O–H groups in total. The summed E-state index contributed by atoms with van der Waals surface area (Å²) in [5.41, 5.74) is 2.37. The molecule has 0 saturated heterocycles. The van der Waals surface area contributed by atoms with Crippen molar-refractivity contribution in [3.8, 4) is 0 Å². The molecule has 0 fully saturated rings. The number of hydrogen-bond acceptors (Lipinski definition) is 4. The summed E-state index contributed by atoms with van der Waals surface area (Å²) in [7, 11) is 0. The Bertz CT molecular complexity index is 469. The van der Waals surface area contributed by atoms with Gasteiger partial charge in [-0.05, 0) is 49.3 Å². The van der Waals surface area contributed by atoms with Crippen molar-refractivity contribution in [3.63, 3.8) is 0 Å². The Morgan fingerprint density at radius 2 is 2.05 bits per heavy atom. The number of rotatable bonds is 9. The van der Waals surface area contributed by atoms with E-state index >= 15 is 0 Å². The Morgan fingerprint density at radius 1 is 1.29 bits per heavy atom. The highest BCUT2D eigenvalue weighted by atomic mass is 79.9. The third kappa shape index (κ3) is 7.58. The van der Waals surface area contributed by atoms with Gasteiger partial charge in [-0.1, -0.05) is 15.9 Å². The van der Waals surface area contributed by atoms with Gasteiger partial charge < -0.3 is 10.4 Å². The van der Waals surface area contributed by atoms with Gasteiger partial charge in [0.15, 0.2) is 0 Å². The highest BCUT2D eigenvalue weighted by Gasteiger charge is 2.06. The number of carbonyl (C=O) groups is 1. The molecule has 0 bridgehead atoms. The number of carbonyl (C=O) groups excluding carboxylic acids is 1. The van der Waals surface area contributed by atoms with Crippen molar-refractivity contribution >= 4 is 45.4 Å². The fourth-order valence-corrected chi connectivity index (χ4v) is 3.81. The first kappa shape index (κ1) is 18.9. The third-order valence-corrected chi connectivity index (χ3v) is 5.91. The number of aliphatic hydroxyl groups excluding tert-OH is 1. The normalized spacial score (nSPS) is 10.7. The van der Waals surface area contributed by atoms with Gasteiger partial charge >= 0.3 is 0 Å². The van der Waals surface area contributed by atoms with Gasteiger partial charge in [0, 0.05) is 28.3 Å². The zero-order valence-electron chi connectivity index (χ0n) is 12.4. The van der Waals surface area contributed by atoms with Gasteiger partial charge in [0.25, 0.3) is 0 Å². The maximum absolute atomic E-state index is 11.8. The van der Waals surface area contributed by atoms with E-state index in [-0.39, 0.29) is 12.5 Å². The fourth-order valence-electron chi connectivity index (χ4n) is 1.64. The monoisotopic (exact) mass is 391 g/mol. The molecule has 1 aromatic carbocycles. The maximum Gasteiger partial charge on any atom is 0.230 e. The topological polar surface area (TPSA) is 49.3 Å². The molecule has 0 heterocycles. The van der Waals surface area contributed by atoms with Crippen LogP contribution >= 0.6 is 39.5 Å². The van der Waals surface area contributed by atoms with Crippen LogP contribution in [0.15, 0.2) is 21.5 Å². The number of aryl methyl sites for hydroxylation is 2. The van der Waals surface area contributed by atoms with Gasteiger partial charge in [0.05, 0.1) is 5.75 Å². The predicted octanol–water partition coefficient (Wildman–Crippen LogP) is 3.39. The van der Waals surface area contributed by atoms with Crippen molar-refractivity contribution in [1.82, 2.24) is 5.32 Å². The van der Waals surface area contributed by atoms with E-state index in [1.807, 2.05) is 0 Å². The van der Waals surface area contributed by atoms with Gasteiger partial charge in [-0.15, -0.1) is 11.8 Å². The van der Waals surface area contributed by atoms with Crippen molar-refractivity contribution in [2.75, 3.05) is 30.4 Å². The van der Waals surface area contributed by atoms with E-state index in [0.717, 1.165) is 27.3 Å². The molecule has 1 aromatic rings. The van der Waals surface area contributed by atoms with Crippen molar-refractivity contribution in [2.45, 2.75) is 25.2 Å². The first-order valence-electron chi connectivity index (χ1n) is 6.89. The quantitative estimate of drug-likeness (QED) is 0.500.